The van der Waals surface area contributed by atoms with Crippen LogP contribution in [0.3, 0.4) is 0 Å². The molecule has 6 heteroatoms. The Bertz CT molecular complexity index is 476. The van der Waals surface area contributed by atoms with Crippen molar-refractivity contribution in [2.75, 3.05) is 26.2 Å². The molecule has 3 amide bonds. The highest BCUT2D eigenvalue weighted by molar-refractivity contribution is 5.81. The summed E-state index contributed by atoms with van der Waals surface area (Å²) in [6, 6.07) is 0.490. The molecule has 3 aliphatic rings. The normalized spacial score (nSPS) is 29.5. The summed E-state index contributed by atoms with van der Waals surface area (Å²) in [4.78, 5) is 29.3. The third-order valence-electron chi connectivity index (χ3n) is 6.25. The van der Waals surface area contributed by atoms with Crippen molar-refractivity contribution in [1.82, 2.24) is 15.1 Å². The van der Waals surface area contributed by atoms with Crippen LogP contribution in [0, 0.1) is 11.8 Å². The van der Waals surface area contributed by atoms with Crippen molar-refractivity contribution in [2.24, 2.45) is 17.6 Å². The number of hydrogen-bond donors (Lipinski definition) is 2. The molecule has 142 valence electrons. The summed E-state index contributed by atoms with van der Waals surface area (Å²) >= 11 is 0. The molecular formula is C19H34N4O2. The first-order chi connectivity index (χ1) is 12.0. The molecule has 3 atom stereocenters. The number of piperidine rings is 2. The van der Waals surface area contributed by atoms with E-state index in [4.69, 9.17) is 5.73 Å². The van der Waals surface area contributed by atoms with E-state index in [-0.39, 0.29) is 23.9 Å². The van der Waals surface area contributed by atoms with Crippen LogP contribution >= 0.6 is 0 Å². The number of carbonyl (C=O) groups is 2. The molecule has 0 aromatic carbocycles. The maximum Gasteiger partial charge on any atom is 0.317 e. The molecule has 25 heavy (non-hydrogen) atoms. The standard InChI is InChI=1S/C19H34N4O2/c1-14(20)15-6-4-10-22(12-15)18(24)16-7-5-11-23(13-16)19(25)21-17-8-2-3-9-17/h14-17H,2-13,20H2,1H3,(H,21,25). The largest absolute Gasteiger partial charge is 0.342 e. The van der Waals surface area contributed by atoms with Crippen LogP contribution in [0.4, 0.5) is 4.79 Å². The molecule has 2 heterocycles. The minimum absolute atomic E-state index is 0.0245. The predicted molar refractivity (Wildman–Crippen MR) is 98.0 cm³/mol. The molecule has 3 fully saturated rings. The molecule has 3 unspecified atom stereocenters. The third kappa shape index (κ3) is 4.66. The number of carbonyl (C=O) groups excluding carboxylic acids is 2. The van der Waals surface area contributed by atoms with E-state index in [1.165, 1.54) is 12.8 Å². The maximum atomic E-state index is 13.0. The van der Waals surface area contributed by atoms with Gasteiger partial charge in [0.1, 0.15) is 0 Å². The van der Waals surface area contributed by atoms with Gasteiger partial charge in [-0.3, -0.25) is 4.79 Å². The van der Waals surface area contributed by atoms with E-state index in [0.717, 1.165) is 58.2 Å². The van der Waals surface area contributed by atoms with Gasteiger partial charge in [-0.25, -0.2) is 4.79 Å². The second-order valence-corrected chi connectivity index (χ2v) is 8.26. The van der Waals surface area contributed by atoms with E-state index in [1.807, 2.05) is 16.7 Å². The Hall–Kier alpha value is -1.30. The summed E-state index contributed by atoms with van der Waals surface area (Å²) in [7, 11) is 0. The third-order valence-corrected chi connectivity index (χ3v) is 6.25. The lowest BCUT2D eigenvalue weighted by atomic mass is 9.90. The molecule has 1 aliphatic carbocycles. The fraction of sp³-hybridized carbons (Fsp3) is 0.895. The van der Waals surface area contributed by atoms with Crippen molar-refractivity contribution in [3.05, 3.63) is 0 Å². The number of urea groups is 1. The average molecular weight is 351 g/mol. The zero-order valence-electron chi connectivity index (χ0n) is 15.6. The highest BCUT2D eigenvalue weighted by Crippen LogP contribution is 2.25. The van der Waals surface area contributed by atoms with Gasteiger partial charge in [0.05, 0.1) is 5.92 Å². The number of nitrogens with two attached hydrogens (primary N) is 1. The zero-order valence-corrected chi connectivity index (χ0v) is 15.6. The molecule has 6 nitrogen and oxygen atoms in total. The SMILES string of the molecule is CC(N)C1CCCN(C(=O)C2CCCN(C(=O)NC3CCCC3)C2)C1. The van der Waals surface area contributed by atoms with Crippen molar-refractivity contribution in [2.45, 2.75) is 70.4 Å². The second kappa shape index (κ2) is 8.39. The van der Waals surface area contributed by atoms with Crippen molar-refractivity contribution >= 4 is 11.9 Å². The van der Waals surface area contributed by atoms with E-state index in [2.05, 4.69) is 5.32 Å². The molecule has 0 aromatic heterocycles. The summed E-state index contributed by atoms with van der Waals surface area (Å²) in [5.74, 6) is 0.585. The Labute approximate surface area is 151 Å². The molecule has 0 radical (unpaired) electrons. The smallest absolute Gasteiger partial charge is 0.317 e. The van der Waals surface area contributed by atoms with Gasteiger partial charge in [0, 0.05) is 38.3 Å². The van der Waals surface area contributed by atoms with Gasteiger partial charge in [0.25, 0.3) is 0 Å². The Morgan fingerprint density at radius 1 is 0.960 bits per heavy atom. The maximum absolute atomic E-state index is 13.0. The van der Waals surface area contributed by atoms with Gasteiger partial charge in [0.2, 0.25) is 5.91 Å². The molecule has 3 rings (SSSR count). The van der Waals surface area contributed by atoms with E-state index < -0.39 is 0 Å². The highest BCUT2D eigenvalue weighted by atomic mass is 16.2. The number of hydrogen-bond acceptors (Lipinski definition) is 3. The number of nitrogens with one attached hydrogen (secondary N) is 1. The first-order valence-electron chi connectivity index (χ1n) is 10.1. The van der Waals surface area contributed by atoms with Gasteiger partial charge in [-0.05, 0) is 51.4 Å². The number of likely N-dealkylation sites (tertiary alicyclic amines) is 2. The monoisotopic (exact) mass is 350 g/mol. The van der Waals surface area contributed by atoms with Crippen LogP contribution in [0.15, 0.2) is 0 Å². The molecule has 3 N–H and O–H groups in total. The average Bonchev–Trinajstić information content (AvgIpc) is 3.14. The summed E-state index contributed by atoms with van der Waals surface area (Å²) in [6.07, 6.45) is 8.56. The molecule has 2 aliphatic heterocycles. The van der Waals surface area contributed by atoms with Crippen LogP contribution in [-0.4, -0.2) is 60.0 Å². The van der Waals surface area contributed by atoms with E-state index in [1.54, 1.807) is 0 Å². The molecule has 2 saturated heterocycles. The van der Waals surface area contributed by atoms with Gasteiger partial charge >= 0.3 is 6.03 Å². The second-order valence-electron chi connectivity index (χ2n) is 8.26. The summed E-state index contributed by atoms with van der Waals surface area (Å²) < 4.78 is 0. The van der Waals surface area contributed by atoms with Gasteiger partial charge in [-0.2, -0.15) is 0 Å². The van der Waals surface area contributed by atoms with Crippen LogP contribution in [-0.2, 0) is 4.79 Å². The van der Waals surface area contributed by atoms with Gasteiger partial charge in [-0.1, -0.05) is 12.8 Å². The van der Waals surface area contributed by atoms with Crippen molar-refractivity contribution in [3.8, 4) is 0 Å². The highest BCUT2D eigenvalue weighted by Gasteiger charge is 2.34. The topological polar surface area (TPSA) is 78.7 Å². The molecular weight excluding hydrogens is 316 g/mol. The van der Waals surface area contributed by atoms with E-state index in [9.17, 15) is 9.59 Å². The van der Waals surface area contributed by atoms with Gasteiger partial charge in [-0.15, -0.1) is 0 Å². The van der Waals surface area contributed by atoms with Crippen molar-refractivity contribution in [1.29, 1.82) is 0 Å². The minimum atomic E-state index is -0.0464. The molecule has 0 spiro atoms. The lowest BCUT2D eigenvalue weighted by molar-refractivity contribution is -0.138. The van der Waals surface area contributed by atoms with Crippen molar-refractivity contribution in [3.63, 3.8) is 0 Å². The van der Waals surface area contributed by atoms with Gasteiger partial charge < -0.3 is 20.9 Å². The Balaban J connectivity index is 1.53. The minimum Gasteiger partial charge on any atom is -0.342 e. The van der Waals surface area contributed by atoms with Crippen LogP contribution in [0.2, 0.25) is 0 Å². The number of amides is 3. The number of nitrogens with zero attached hydrogens (tertiary/aromatic N) is 2. The first kappa shape index (κ1) is 18.5. The Morgan fingerprint density at radius 2 is 1.64 bits per heavy atom. The lowest BCUT2D eigenvalue weighted by Crippen LogP contribution is -2.53. The summed E-state index contributed by atoms with van der Waals surface area (Å²) in [5, 5.41) is 3.16. The quantitative estimate of drug-likeness (QED) is 0.816. The Morgan fingerprint density at radius 3 is 2.36 bits per heavy atom. The summed E-state index contributed by atoms with van der Waals surface area (Å²) in [6.45, 7) is 4.99. The molecule has 1 saturated carbocycles. The van der Waals surface area contributed by atoms with Crippen LogP contribution in [0.5, 0.6) is 0 Å². The first-order valence-corrected chi connectivity index (χ1v) is 10.1. The molecule has 0 bridgehead atoms. The van der Waals surface area contributed by atoms with Crippen LogP contribution in [0.25, 0.3) is 0 Å². The predicted octanol–water partition coefficient (Wildman–Crippen LogP) is 1.94. The van der Waals surface area contributed by atoms with E-state index >= 15 is 0 Å². The molecule has 0 aromatic rings. The van der Waals surface area contributed by atoms with Crippen LogP contribution in [0.1, 0.15) is 58.3 Å². The van der Waals surface area contributed by atoms with E-state index in [0.29, 0.717) is 18.5 Å². The fourth-order valence-electron chi connectivity index (χ4n) is 4.60. The van der Waals surface area contributed by atoms with Crippen LogP contribution < -0.4 is 11.1 Å². The summed E-state index contributed by atoms with van der Waals surface area (Å²) in [5.41, 5.74) is 6.05. The fourth-order valence-corrected chi connectivity index (χ4v) is 4.60. The van der Waals surface area contributed by atoms with Crippen molar-refractivity contribution < 1.29 is 9.59 Å². The lowest BCUT2D eigenvalue weighted by Gasteiger charge is -2.39. The number of rotatable bonds is 3. The Kier molecular flexibility index (Phi) is 6.20. The zero-order chi connectivity index (χ0) is 17.8. The van der Waals surface area contributed by atoms with Gasteiger partial charge in [0.15, 0.2) is 0 Å².